The zero-order valence-corrected chi connectivity index (χ0v) is 14.6. The molecule has 0 saturated carbocycles. The van der Waals surface area contributed by atoms with Crippen molar-refractivity contribution in [1.29, 1.82) is 0 Å². The predicted octanol–water partition coefficient (Wildman–Crippen LogP) is 5.86. The molecular formula is C21H23NS. The number of fused-ring (bicyclic) bond motifs is 1. The van der Waals surface area contributed by atoms with E-state index >= 15 is 0 Å². The molecule has 118 valence electrons. The maximum absolute atomic E-state index is 3.82. The van der Waals surface area contributed by atoms with Gasteiger partial charge >= 0.3 is 0 Å². The van der Waals surface area contributed by atoms with Crippen LogP contribution in [0.25, 0.3) is 16.7 Å². The lowest BCUT2D eigenvalue weighted by Gasteiger charge is -2.34. The van der Waals surface area contributed by atoms with Crippen LogP contribution in [0.5, 0.6) is 0 Å². The van der Waals surface area contributed by atoms with Crippen LogP contribution in [0.15, 0.2) is 67.3 Å². The number of hydrogen-bond acceptors (Lipinski definition) is 2. The van der Waals surface area contributed by atoms with E-state index in [-0.39, 0.29) is 5.54 Å². The summed E-state index contributed by atoms with van der Waals surface area (Å²) in [5.74, 6) is 2.00. The summed E-state index contributed by atoms with van der Waals surface area (Å²) in [6, 6.07) is 17.2. The van der Waals surface area contributed by atoms with Gasteiger partial charge in [0.05, 0.1) is 11.2 Å². The third-order valence-corrected chi connectivity index (χ3v) is 4.96. The largest absolute Gasteiger partial charge is 0.376 e. The lowest BCUT2D eigenvalue weighted by Crippen LogP contribution is -2.32. The number of nitrogens with one attached hydrogen (secondary N) is 1. The molecule has 0 bridgehead atoms. The highest BCUT2D eigenvalue weighted by molar-refractivity contribution is 7.99. The molecule has 0 unspecified atom stereocenters. The minimum atomic E-state index is -0.0397. The second kappa shape index (κ2) is 6.67. The average Bonchev–Trinajstić information content (AvgIpc) is 2.54. The quantitative estimate of drug-likeness (QED) is 0.547. The van der Waals surface area contributed by atoms with Crippen LogP contribution >= 0.6 is 11.8 Å². The smallest absolute Gasteiger partial charge is 0.0506 e. The van der Waals surface area contributed by atoms with E-state index in [2.05, 4.69) is 80.4 Å². The highest BCUT2D eigenvalue weighted by Crippen LogP contribution is 2.41. The van der Waals surface area contributed by atoms with E-state index in [1.807, 2.05) is 17.8 Å². The Morgan fingerprint density at radius 3 is 2.52 bits per heavy atom. The number of anilines is 1. The molecule has 23 heavy (non-hydrogen) atoms. The molecule has 0 amide bonds. The Morgan fingerprint density at radius 2 is 1.78 bits per heavy atom. The van der Waals surface area contributed by atoms with Gasteiger partial charge in [-0.25, -0.2) is 0 Å². The molecule has 0 radical (unpaired) electrons. The van der Waals surface area contributed by atoms with Crippen molar-refractivity contribution in [1.82, 2.24) is 0 Å². The first kappa shape index (κ1) is 15.9. The van der Waals surface area contributed by atoms with Crippen LogP contribution < -0.4 is 5.32 Å². The zero-order chi connectivity index (χ0) is 16.3. The van der Waals surface area contributed by atoms with Gasteiger partial charge in [0.25, 0.3) is 0 Å². The van der Waals surface area contributed by atoms with Gasteiger partial charge in [-0.3, -0.25) is 0 Å². The van der Waals surface area contributed by atoms with E-state index in [0.29, 0.717) is 0 Å². The van der Waals surface area contributed by atoms with Gasteiger partial charge < -0.3 is 5.32 Å². The van der Waals surface area contributed by atoms with Gasteiger partial charge in [-0.05, 0) is 25.0 Å². The summed E-state index contributed by atoms with van der Waals surface area (Å²) in [6.45, 7) is 8.28. The van der Waals surface area contributed by atoms with Gasteiger partial charge in [-0.15, -0.1) is 6.58 Å². The van der Waals surface area contributed by atoms with E-state index in [9.17, 15) is 0 Å². The minimum Gasteiger partial charge on any atom is -0.376 e. The van der Waals surface area contributed by atoms with Crippen molar-refractivity contribution in [2.45, 2.75) is 19.4 Å². The summed E-state index contributed by atoms with van der Waals surface area (Å²) in [6.07, 6.45) is 4.33. The molecular weight excluding hydrogens is 298 g/mol. The first-order chi connectivity index (χ1) is 11.1. The second-order valence-electron chi connectivity index (χ2n) is 6.41. The number of hydrogen-bond donors (Lipinski definition) is 1. The average molecular weight is 321 g/mol. The van der Waals surface area contributed by atoms with E-state index in [1.165, 1.54) is 28.0 Å². The summed E-state index contributed by atoms with van der Waals surface area (Å²) >= 11 is 1.91. The fourth-order valence-corrected chi connectivity index (χ4v) is 3.80. The summed E-state index contributed by atoms with van der Waals surface area (Å²) < 4.78 is 0. The SMILES string of the molecule is C=CCSCC1=CC(C)(C)Nc2c1cccc2-c1ccccc1. The van der Waals surface area contributed by atoms with Gasteiger partial charge in [-0.1, -0.05) is 60.7 Å². The Morgan fingerprint density at radius 1 is 1.04 bits per heavy atom. The fraction of sp³-hybridized carbons (Fsp3) is 0.238. The van der Waals surface area contributed by atoms with Crippen LogP contribution in [0, 0.1) is 0 Å². The highest BCUT2D eigenvalue weighted by atomic mass is 32.2. The molecule has 1 heterocycles. The molecule has 0 fully saturated rings. The Hall–Kier alpha value is -1.93. The first-order valence-electron chi connectivity index (χ1n) is 7.98. The standard InChI is InChI=1S/C21H23NS/c1-4-13-23-15-17-14-21(2,3)22-20-18(11-8-12-19(17)20)16-9-6-5-7-10-16/h4-12,14,22H,1,13,15H2,2-3H3. The van der Waals surface area contributed by atoms with Crippen molar-refractivity contribution in [3.05, 3.63) is 72.8 Å². The number of para-hydroxylation sites is 1. The van der Waals surface area contributed by atoms with Crippen molar-refractivity contribution >= 4 is 23.0 Å². The highest BCUT2D eigenvalue weighted by Gasteiger charge is 2.26. The van der Waals surface area contributed by atoms with Gasteiger partial charge in [0.2, 0.25) is 0 Å². The van der Waals surface area contributed by atoms with Crippen LogP contribution in [0.1, 0.15) is 19.4 Å². The van der Waals surface area contributed by atoms with Crippen LogP contribution in [0.4, 0.5) is 5.69 Å². The van der Waals surface area contributed by atoms with Gasteiger partial charge in [0.1, 0.15) is 0 Å². The molecule has 0 aliphatic carbocycles. The summed E-state index contributed by atoms with van der Waals surface area (Å²) in [4.78, 5) is 0. The summed E-state index contributed by atoms with van der Waals surface area (Å²) in [5, 5.41) is 3.72. The van der Waals surface area contributed by atoms with E-state index in [1.54, 1.807) is 0 Å². The number of thioether (sulfide) groups is 1. The Bertz CT molecular complexity index is 729. The summed E-state index contributed by atoms with van der Waals surface area (Å²) in [7, 11) is 0. The van der Waals surface area contributed by atoms with Crippen molar-refractivity contribution < 1.29 is 0 Å². The third-order valence-electron chi connectivity index (χ3n) is 3.97. The number of benzene rings is 2. The van der Waals surface area contributed by atoms with Crippen LogP contribution in [0.2, 0.25) is 0 Å². The molecule has 1 aliphatic rings. The van der Waals surface area contributed by atoms with Crippen LogP contribution in [-0.2, 0) is 0 Å². The normalized spacial score (nSPS) is 15.3. The molecule has 2 aromatic rings. The van der Waals surface area contributed by atoms with Crippen LogP contribution in [0.3, 0.4) is 0 Å². The molecule has 2 heteroatoms. The van der Waals surface area contributed by atoms with Crippen molar-refractivity contribution in [3.63, 3.8) is 0 Å². The monoisotopic (exact) mass is 321 g/mol. The van der Waals surface area contributed by atoms with Crippen molar-refractivity contribution in [3.8, 4) is 11.1 Å². The molecule has 0 saturated heterocycles. The molecule has 0 aromatic heterocycles. The van der Waals surface area contributed by atoms with Gasteiger partial charge in [-0.2, -0.15) is 11.8 Å². The van der Waals surface area contributed by atoms with Crippen molar-refractivity contribution in [2.24, 2.45) is 0 Å². The number of rotatable bonds is 5. The van der Waals surface area contributed by atoms with Gasteiger partial charge in [0.15, 0.2) is 0 Å². The van der Waals surface area contributed by atoms with Crippen molar-refractivity contribution in [2.75, 3.05) is 16.8 Å². The molecule has 2 aromatic carbocycles. The molecule has 0 spiro atoms. The zero-order valence-electron chi connectivity index (χ0n) is 13.8. The molecule has 1 nitrogen and oxygen atoms in total. The maximum Gasteiger partial charge on any atom is 0.0506 e. The third kappa shape index (κ3) is 3.53. The molecule has 3 rings (SSSR count). The van der Waals surface area contributed by atoms with Gasteiger partial charge in [0, 0.05) is 22.6 Å². The topological polar surface area (TPSA) is 12.0 Å². The first-order valence-corrected chi connectivity index (χ1v) is 9.13. The molecule has 1 aliphatic heterocycles. The Labute approximate surface area is 143 Å². The second-order valence-corrected chi connectivity index (χ2v) is 7.44. The summed E-state index contributed by atoms with van der Waals surface area (Å²) in [5.41, 5.74) is 6.47. The van der Waals surface area contributed by atoms with E-state index < -0.39 is 0 Å². The fourth-order valence-electron chi connectivity index (χ4n) is 3.06. The molecule has 1 N–H and O–H groups in total. The van der Waals surface area contributed by atoms with E-state index in [0.717, 1.165) is 11.5 Å². The Balaban J connectivity index is 2.05. The Kier molecular flexibility index (Phi) is 4.63. The van der Waals surface area contributed by atoms with Crippen LogP contribution in [-0.4, -0.2) is 17.0 Å². The lowest BCUT2D eigenvalue weighted by molar-refractivity contribution is 0.708. The lowest BCUT2D eigenvalue weighted by atomic mass is 9.88. The molecule has 0 atom stereocenters. The van der Waals surface area contributed by atoms with E-state index in [4.69, 9.17) is 0 Å². The minimum absolute atomic E-state index is 0.0397. The maximum atomic E-state index is 3.82. The predicted molar refractivity (Wildman–Crippen MR) is 105 cm³/mol.